The minimum atomic E-state index is -4.15. The number of hydrogen-bond donors (Lipinski definition) is 0. The SMILES string of the molecule is O=C1OCC2CCc3cc(OCCCC(F)(F)F)ccc3N12. The number of benzene rings is 1. The second-order valence-electron chi connectivity index (χ2n) is 5.50. The Balaban J connectivity index is 1.63. The van der Waals surface area contributed by atoms with E-state index in [1.165, 1.54) is 0 Å². The van der Waals surface area contributed by atoms with Crippen molar-refractivity contribution < 1.29 is 27.4 Å². The Morgan fingerprint density at radius 2 is 2.18 bits per heavy atom. The van der Waals surface area contributed by atoms with Gasteiger partial charge in [0.25, 0.3) is 0 Å². The van der Waals surface area contributed by atoms with Crippen molar-refractivity contribution in [2.45, 2.75) is 37.9 Å². The van der Waals surface area contributed by atoms with Crippen LogP contribution in [0.15, 0.2) is 18.2 Å². The largest absolute Gasteiger partial charge is 0.494 e. The highest BCUT2D eigenvalue weighted by Crippen LogP contribution is 2.36. The molecule has 0 aromatic heterocycles. The Kier molecular flexibility index (Phi) is 3.88. The van der Waals surface area contributed by atoms with E-state index in [1.54, 1.807) is 23.1 Å². The molecule has 7 heteroatoms. The minimum Gasteiger partial charge on any atom is -0.494 e. The molecule has 2 heterocycles. The number of aryl methyl sites for hydroxylation is 1. The molecule has 4 nitrogen and oxygen atoms in total. The molecule has 1 aromatic rings. The van der Waals surface area contributed by atoms with Crippen molar-refractivity contribution in [1.82, 2.24) is 0 Å². The van der Waals surface area contributed by atoms with E-state index in [0.29, 0.717) is 12.4 Å². The third-order valence-corrected chi connectivity index (χ3v) is 3.89. The molecule has 1 aromatic carbocycles. The smallest absolute Gasteiger partial charge is 0.414 e. The number of rotatable bonds is 4. The van der Waals surface area contributed by atoms with Crippen LogP contribution in [0.1, 0.15) is 24.8 Å². The Hall–Kier alpha value is -1.92. The molecule has 1 saturated heterocycles. The molecule has 0 saturated carbocycles. The molecule has 0 aliphatic carbocycles. The fourth-order valence-electron chi connectivity index (χ4n) is 2.84. The number of carbonyl (C=O) groups excluding carboxylic acids is 1. The van der Waals surface area contributed by atoms with Crippen molar-refractivity contribution >= 4 is 11.8 Å². The summed E-state index contributed by atoms with van der Waals surface area (Å²) in [6.07, 6.45) is -3.79. The Bertz CT molecular complexity index is 574. The van der Waals surface area contributed by atoms with Gasteiger partial charge in [0.05, 0.1) is 18.3 Å². The quantitative estimate of drug-likeness (QED) is 0.796. The van der Waals surface area contributed by atoms with E-state index >= 15 is 0 Å². The van der Waals surface area contributed by atoms with Gasteiger partial charge in [-0.05, 0) is 43.0 Å². The zero-order valence-electron chi connectivity index (χ0n) is 11.9. The lowest BCUT2D eigenvalue weighted by atomic mass is 9.97. The van der Waals surface area contributed by atoms with Crippen molar-refractivity contribution in [3.8, 4) is 5.75 Å². The summed E-state index contributed by atoms with van der Waals surface area (Å²) >= 11 is 0. The number of ether oxygens (including phenoxy) is 2. The summed E-state index contributed by atoms with van der Waals surface area (Å²) < 4.78 is 46.6. The number of carbonyl (C=O) groups is 1. The molecule has 2 aliphatic heterocycles. The first kappa shape index (κ1) is 15.0. The van der Waals surface area contributed by atoms with E-state index in [0.717, 1.165) is 24.1 Å². The molecule has 1 fully saturated rings. The van der Waals surface area contributed by atoms with Crippen molar-refractivity contribution in [3.63, 3.8) is 0 Å². The van der Waals surface area contributed by atoms with Gasteiger partial charge in [-0.2, -0.15) is 13.2 Å². The normalized spacial score (nSPS) is 20.4. The molecule has 1 amide bonds. The van der Waals surface area contributed by atoms with Crippen molar-refractivity contribution in [1.29, 1.82) is 0 Å². The van der Waals surface area contributed by atoms with Gasteiger partial charge >= 0.3 is 12.3 Å². The zero-order chi connectivity index (χ0) is 15.7. The Morgan fingerprint density at radius 1 is 1.36 bits per heavy atom. The first-order chi connectivity index (χ1) is 10.4. The van der Waals surface area contributed by atoms with Gasteiger partial charge in [0.2, 0.25) is 0 Å². The van der Waals surface area contributed by atoms with Crippen LogP contribution in [-0.4, -0.2) is 31.5 Å². The summed E-state index contributed by atoms with van der Waals surface area (Å²) in [4.78, 5) is 13.4. The average molecular weight is 315 g/mol. The minimum absolute atomic E-state index is 0.0205. The predicted octanol–water partition coefficient (Wildman–Crippen LogP) is 3.68. The van der Waals surface area contributed by atoms with Crippen LogP contribution in [0.2, 0.25) is 0 Å². The first-order valence-corrected chi connectivity index (χ1v) is 7.22. The number of fused-ring (bicyclic) bond motifs is 3. The Labute approximate surface area is 125 Å². The summed E-state index contributed by atoms with van der Waals surface area (Å²) in [6.45, 7) is 0.431. The number of cyclic esters (lactones) is 1. The van der Waals surface area contributed by atoms with Gasteiger partial charge < -0.3 is 9.47 Å². The second kappa shape index (κ2) is 5.70. The zero-order valence-corrected chi connectivity index (χ0v) is 11.9. The van der Waals surface area contributed by atoms with E-state index in [9.17, 15) is 18.0 Å². The molecular weight excluding hydrogens is 299 g/mol. The van der Waals surface area contributed by atoms with Crippen LogP contribution in [-0.2, 0) is 11.2 Å². The van der Waals surface area contributed by atoms with Crippen LogP contribution in [0.3, 0.4) is 0 Å². The molecule has 0 radical (unpaired) electrons. The van der Waals surface area contributed by atoms with Crippen LogP contribution < -0.4 is 9.64 Å². The number of anilines is 1. The number of nitrogens with zero attached hydrogens (tertiary/aromatic N) is 1. The van der Waals surface area contributed by atoms with Gasteiger partial charge in [-0.3, -0.25) is 4.90 Å². The van der Waals surface area contributed by atoms with E-state index in [2.05, 4.69) is 0 Å². The lowest BCUT2D eigenvalue weighted by Crippen LogP contribution is -2.37. The monoisotopic (exact) mass is 315 g/mol. The molecule has 22 heavy (non-hydrogen) atoms. The van der Waals surface area contributed by atoms with Crippen molar-refractivity contribution in [2.24, 2.45) is 0 Å². The molecule has 0 bridgehead atoms. The third-order valence-electron chi connectivity index (χ3n) is 3.89. The van der Waals surface area contributed by atoms with Crippen LogP contribution in [0.4, 0.5) is 23.7 Å². The maximum absolute atomic E-state index is 12.1. The Morgan fingerprint density at radius 3 is 2.95 bits per heavy atom. The third kappa shape index (κ3) is 3.13. The fraction of sp³-hybridized carbons (Fsp3) is 0.533. The van der Waals surface area contributed by atoms with Gasteiger partial charge in [-0.1, -0.05) is 0 Å². The predicted molar refractivity (Wildman–Crippen MR) is 73.2 cm³/mol. The summed E-state index contributed by atoms with van der Waals surface area (Å²) in [7, 11) is 0. The van der Waals surface area contributed by atoms with Crippen molar-refractivity contribution in [3.05, 3.63) is 23.8 Å². The van der Waals surface area contributed by atoms with Gasteiger partial charge in [0.1, 0.15) is 12.4 Å². The molecule has 3 rings (SSSR count). The van der Waals surface area contributed by atoms with Crippen molar-refractivity contribution in [2.75, 3.05) is 18.1 Å². The molecule has 1 atom stereocenters. The van der Waals surface area contributed by atoms with E-state index in [4.69, 9.17) is 9.47 Å². The standard InChI is InChI=1S/C15H16F3NO3/c16-15(17,18)6-1-7-21-12-4-5-13-10(8-12)2-3-11-9-22-14(20)19(11)13/h4-5,8,11H,1-3,6-7,9H2. The highest BCUT2D eigenvalue weighted by molar-refractivity contribution is 5.92. The maximum atomic E-state index is 12.1. The maximum Gasteiger partial charge on any atom is 0.414 e. The van der Waals surface area contributed by atoms with Gasteiger partial charge in [0.15, 0.2) is 0 Å². The van der Waals surface area contributed by atoms with Crippen LogP contribution >= 0.6 is 0 Å². The summed E-state index contributed by atoms with van der Waals surface area (Å²) in [6, 6.07) is 5.33. The highest BCUT2D eigenvalue weighted by Gasteiger charge is 2.38. The summed E-state index contributed by atoms with van der Waals surface area (Å²) in [5.74, 6) is 0.534. The molecule has 0 N–H and O–H groups in total. The molecule has 120 valence electrons. The van der Waals surface area contributed by atoms with E-state index < -0.39 is 12.6 Å². The lowest BCUT2D eigenvalue weighted by Gasteiger charge is -2.29. The van der Waals surface area contributed by atoms with E-state index in [-0.39, 0.29) is 25.2 Å². The second-order valence-corrected chi connectivity index (χ2v) is 5.50. The highest BCUT2D eigenvalue weighted by atomic mass is 19.4. The van der Waals surface area contributed by atoms with Crippen LogP contribution in [0.25, 0.3) is 0 Å². The molecule has 1 unspecified atom stereocenters. The lowest BCUT2D eigenvalue weighted by molar-refractivity contribution is -0.136. The van der Waals surface area contributed by atoms with Gasteiger partial charge in [-0.15, -0.1) is 0 Å². The molecule has 0 spiro atoms. The number of halogens is 3. The van der Waals surface area contributed by atoms with Gasteiger partial charge in [-0.25, -0.2) is 4.79 Å². The fourth-order valence-corrected chi connectivity index (χ4v) is 2.84. The topological polar surface area (TPSA) is 38.8 Å². The molecular formula is C15H16F3NO3. The van der Waals surface area contributed by atoms with E-state index in [1.807, 2.05) is 0 Å². The van der Waals surface area contributed by atoms with Crippen LogP contribution in [0, 0.1) is 0 Å². The summed E-state index contributed by atoms with van der Waals surface area (Å²) in [5, 5.41) is 0. The van der Waals surface area contributed by atoms with Gasteiger partial charge in [0, 0.05) is 6.42 Å². The summed E-state index contributed by atoms with van der Waals surface area (Å²) in [5.41, 5.74) is 1.77. The first-order valence-electron chi connectivity index (χ1n) is 7.22. The average Bonchev–Trinajstić information content (AvgIpc) is 2.84. The number of alkyl halides is 3. The number of amides is 1. The number of hydrogen-bond acceptors (Lipinski definition) is 3. The van der Waals surface area contributed by atoms with Crippen LogP contribution in [0.5, 0.6) is 5.75 Å². The molecule has 2 aliphatic rings.